The molecule has 0 saturated carbocycles. The zero-order valence-electron chi connectivity index (χ0n) is 34.2. The maximum Gasteiger partial charge on any atom is 0.118 e. The second-order valence-corrected chi connectivity index (χ2v) is 26.4. The van der Waals surface area contributed by atoms with Crippen molar-refractivity contribution in [3.63, 3.8) is 0 Å². The van der Waals surface area contributed by atoms with Gasteiger partial charge in [0.15, 0.2) is 0 Å². The van der Waals surface area contributed by atoms with E-state index in [-0.39, 0.29) is 11.5 Å². The van der Waals surface area contributed by atoms with Crippen molar-refractivity contribution in [2.24, 2.45) is 11.8 Å². The Hall–Kier alpha value is -3.94. The number of nitrogens with zero attached hydrogens (tertiary/aromatic N) is 2. The Morgan fingerprint density at radius 1 is 0.759 bits per heavy atom. The van der Waals surface area contributed by atoms with Crippen molar-refractivity contribution in [3.8, 4) is 0 Å². The van der Waals surface area contributed by atoms with Crippen LogP contribution in [0, 0.1) is 11.8 Å². The van der Waals surface area contributed by atoms with Crippen LogP contribution in [0.2, 0.25) is 0 Å². The summed E-state index contributed by atoms with van der Waals surface area (Å²) in [5.41, 5.74) is 10.3. The minimum Gasteiger partial charge on any atom is -0.321 e. The van der Waals surface area contributed by atoms with Gasteiger partial charge < -0.3 is 9.80 Å². The van der Waals surface area contributed by atoms with Crippen LogP contribution in [0.15, 0.2) is 206 Å². The summed E-state index contributed by atoms with van der Waals surface area (Å²) in [5, 5.41) is 1.59. The van der Waals surface area contributed by atoms with Crippen molar-refractivity contribution in [2.45, 2.75) is 93.2 Å². The van der Waals surface area contributed by atoms with Crippen LogP contribution < -0.4 is 4.90 Å². The van der Waals surface area contributed by atoms with Gasteiger partial charge in [-0.1, -0.05) is 129 Å². The summed E-state index contributed by atoms with van der Waals surface area (Å²) in [6.07, 6.45) is 24.4. The summed E-state index contributed by atoms with van der Waals surface area (Å²) in [4.78, 5) is 17.4. The van der Waals surface area contributed by atoms with Crippen molar-refractivity contribution in [2.75, 3.05) is 17.4 Å². The second kappa shape index (κ2) is 12.3. The molecule has 0 aromatic heterocycles. The molecule has 0 N–H and O–H groups in total. The largest absolute Gasteiger partial charge is 0.321 e. The number of para-hydroxylation sites is 2. The summed E-state index contributed by atoms with van der Waals surface area (Å²) in [6, 6.07) is 38.3. The van der Waals surface area contributed by atoms with E-state index in [1.807, 2.05) is 11.8 Å². The number of rotatable bonds is 2. The molecule has 4 aromatic rings. The molecule has 4 atom stereocenters. The molecular weight excluding hydrogens is 781 g/mol. The van der Waals surface area contributed by atoms with Crippen LogP contribution in [-0.2, 0) is 0 Å². The average Bonchev–Trinajstić information content (AvgIpc) is 3.45. The number of hydrogen-bond acceptors (Lipinski definition) is 4. The highest BCUT2D eigenvalue weighted by atomic mass is 32.3. The molecule has 5 heterocycles. The number of fused-ring (bicyclic) bond motifs is 12. The van der Waals surface area contributed by atoms with E-state index in [1.54, 1.807) is 21.7 Å². The van der Waals surface area contributed by atoms with Gasteiger partial charge in [-0.3, -0.25) is 0 Å². The van der Waals surface area contributed by atoms with Crippen LogP contribution >= 0.6 is 43.6 Å². The minimum absolute atomic E-state index is 0.233. The third-order valence-corrected chi connectivity index (χ3v) is 24.9. The molecular formula is C52H50N2S4. The topological polar surface area (TPSA) is 6.48 Å². The molecule has 0 amide bonds. The number of hydrogen-bond donors (Lipinski definition) is 0. The van der Waals surface area contributed by atoms with Gasteiger partial charge in [0.1, 0.15) is 4.87 Å². The number of allylic oxidation sites excluding steroid dienone is 7. The molecule has 12 rings (SSSR count). The van der Waals surface area contributed by atoms with E-state index in [2.05, 4.69) is 195 Å². The molecule has 6 heteroatoms. The fourth-order valence-corrected chi connectivity index (χ4v) is 23.6. The third-order valence-electron chi connectivity index (χ3n) is 14.6. The highest BCUT2D eigenvalue weighted by Crippen LogP contribution is 2.91. The average molecular weight is 831 g/mol. The SMILES string of the molecule is CCC1=C2C(C)C=C3SC4=C(C=CCC4)N(C4=C(C5=CC=CCC5(N5c6ccccc6S(C)(C)c6ccccc65)S45c4ccccc4Sc4ccccc45)C2C)C31C. The van der Waals surface area contributed by atoms with E-state index < -0.39 is 24.9 Å². The van der Waals surface area contributed by atoms with Crippen molar-refractivity contribution >= 4 is 55.0 Å². The molecule has 0 fully saturated rings. The molecule has 4 aromatic carbocycles. The molecule has 8 aliphatic rings. The molecule has 1 spiro atoms. The summed E-state index contributed by atoms with van der Waals surface area (Å²) in [5.74, 6) is 0.593. The zero-order valence-corrected chi connectivity index (χ0v) is 37.5. The lowest BCUT2D eigenvalue weighted by atomic mass is 9.70. The smallest absolute Gasteiger partial charge is 0.118 e. The monoisotopic (exact) mass is 830 g/mol. The molecule has 0 radical (unpaired) electrons. The first-order valence-corrected chi connectivity index (χ1v) is 26.8. The van der Waals surface area contributed by atoms with Gasteiger partial charge in [0.05, 0.1) is 27.6 Å². The summed E-state index contributed by atoms with van der Waals surface area (Å²) in [7, 11) is -3.49. The first kappa shape index (κ1) is 36.0. The van der Waals surface area contributed by atoms with Crippen LogP contribution in [0.3, 0.4) is 0 Å². The fourth-order valence-electron chi connectivity index (χ4n) is 12.4. The van der Waals surface area contributed by atoms with Gasteiger partial charge in [-0.15, -0.1) is 10.0 Å². The maximum atomic E-state index is 3.01. The quantitative estimate of drug-likeness (QED) is 0.186. The van der Waals surface area contributed by atoms with E-state index in [0.29, 0.717) is 5.92 Å². The van der Waals surface area contributed by atoms with Gasteiger partial charge in [0.2, 0.25) is 0 Å². The van der Waals surface area contributed by atoms with E-state index in [4.69, 9.17) is 0 Å². The van der Waals surface area contributed by atoms with Crippen LogP contribution in [0.5, 0.6) is 0 Å². The van der Waals surface area contributed by atoms with Gasteiger partial charge in [0, 0.05) is 51.5 Å². The van der Waals surface area contributed by atoms with Crippen molar-refractivity contribution in [1.82, 2.24) is 4.90 Å². The van der Waals surface area contributed by atoms with E-state index >= 15 is 0 Å². The Morgan fingerprint density at radius 3 is 2.03 bits per heavy atom. The predicted octanol–water partition coefficient (Wildman–Crippen LogP) is 15.1. The van der Waals surface area contributed by atoms with Crippen molar-refractivity contribution in [1.29, 1.82) is 0 Å². The normalized spacial score (nSPS) is 29.9. The summed E-state index contributed by atoms with van der Waals surface area (Å²) < 4.78 is 0. The van der Waals surface area contributed by atoms with Crippen LogP contribution in [-0.4, -0.2) is 27.8 Å². The maximum absolute atomic E-state index is 3.01. The second-order valence-electron chi connectivity index (χ2n) is 17.5. The molecule has 0 saturated heterocycles. The lowest BCUT2D eigenvalue weighted by molar-refractivity contribution is 0.291. The molecule has 4 unspecified atom stereocenters. The first-order chi connectivity index (χ1) is 28.2. The van der Waals surface area contributed by atoms with E-state index in [0.717, 1.165) is 25.7 Å². The Labute approximate surface area is 356 Å². The third kappa shape index (κ3) is 4.09. The predicted molar refractivity (Wildman–Crippen MR) is 251 cm³/mol. The van der Waals surface area contributed by atoms with Crippen LogP contribution in [0.1, 0.15) is 53.4 Å². The fraction of sp³-hybridized carbons (Fsp3) is 0.269. The van der Waals surface area contributed by atoms with E-state index in [9.17, 15) is 0 Å². The molecule has 292 valence electrons. The lowest BCUT2D eigenvalue weighted by Crippen LogP contribution is -2.56. The number of thioether (sulfide) groups is 1. The standard InChI is InChI=1S/C52H50N2S4/c1-7-35-48-33(2)32-47-51(35,4)54(37-21-8-11-24-40(37)56-47)50-49(34(48)3)36-20-18-19-31-52(36,58(50)45-29-16-12-25-41(45)55-42-26-13-17-30-46(42)58)53-38-22-9-14-27-43(38)57(5,6)44-28-15-10-23-39(44)53/h8-10,12-23,25-30,32-34H,7,11,24,31H2,1-6H3. The first-order valence-electron chi connectivity index (χ1n) is 21.1. The number of anilines is 2. The Bertz CT molecular complexity index is 2660. The zero-order chi connectivity index (χ0) is 39.3. The molecule has 5 aliphatic heterocycles. The van der Waals surface area contributed by atoms with Crippen molar-refractivity contribution in [3.05, 3.63) is 176 Å². The Morgan fingerprint density at radius 2 is 1.38 bits per heavy atom. The summed E-state index contributed by atoms with van der Waals surface area (Å²) in [6.45, 7) is 10.2. The van der Waals surface area contributed by atoms with Gasteiger partial charge in [-0.25, -0.2) is 0 Å². The minimum atomic E-state index is -2.18. The van der Waals surface area contributed by atoms with Crippen LogP contribution in [0.25, 0.3) is 0 Å². The molecule has 2 nitrogen and oxygen atoms in total. The Balaban J connectivity index is 1.33. The molecule has 58 heavy (non-hydrogen) atoms. The van der Waals surface area contributed by atoms with Crippen LogP contribution in [0.4, 0.5) is 11.4 Å². The molecule has 2 bridgehead atoms. The van der Waals surface area contributed by atoms with Crippen molar-refractivity contribution < 1.29 is 0 Å². The highest BCUT2D eigenvalue weighted by Gasteiger charge is 2.70. The Kier molecular flexibility index (Phi) is 7.63. The summed E-state index contributed by atoms with van der Waals surface area (Å²) >= 11 is 4.10. The lowest BCUT2D eigenvalue weighted by Gasteiger charge is -2.65. The van der Waals surface area contributed by atoms with Gasteiger partial charge in [-0.2, -0.15) is 10.0 Å². The van der Waals surface area contributed by atoms with Gasteiger partial charge in [-0.05, 0) is 116 Å². The number of benzene rings is 4. The van der Waals surface area contributed by atoms with E-state index in [1.165, 1.54) is 61.8 Å². The van der Waals surface area contributed by atoms with Gasteiger partial charge >= 0.3 is 0 Å². The van der Waals surface area contributed by atoms with Gasteiger partial charge in [0.25, 0.3) is 0 Å². The highest BCUT2D eigenvalue weighted by molar-refractivity contribution is 8.39. The molecule has 3 aliphatic carbocycles.